The lowest BCUT2D eigenvalue weighted by Crippen LogP contribution is -2.52. The summed E-state index contributed by atoms with van der Waals surface area (Å²) in [5.41, 5.74) is 10.8. The summed E-state index contributed by atoms with van der Waals surface area (Å²) in [5, 5.41) is 9.64. The van der Waals surface area contributed by atoms with Gasteiger partial charge in [-0.2, -0.15) is 0 Å². The Labute approximate surface area is 228 Å². The van der Waals surface area contributed by atoms with Gasteiger partial charge in [0.1, 0.15) is 11.5 Å². The third-order valence-electron chi connectivity index (χ3n) is 7.67. The number of hydrogen-bond donors (Lipinski definition) is 3. The highest BCUT2D eigenvalue weighted by molar-refractivity contribution is 7.13. The molecule has 38 heavy (non-hydrogen) atoms. The molecule has 2 aromatic heterocycles. The molecule has 1 aromatic carbocycles. The lowest BCUT2D eigenvalue weighted by Gasteiger charge is -2.30. The topological polar surface area (TPSA) is 156 Å². The number of nitrogens with zero attached hydrogens (tertiary/aromatic N) is 4. The van der Waals surface area contributed by atoms with Crippen LogP contribution in [0.5, 0.6) is 0 Å². The molecule has 0 spiro atoms. The van der Waals surface area contributed by atoms with Gasteiger partial charge in [-0.05, 0) is 49.3 Å². The van der Waals surface area contributed by atoms with Crippen molar-refractivity contribution in [1.29, 1.82) is 5.41 Å². The van der Waals surface area contributed by atoms with E-state index in [9.17, 15) is 14.4 Å². The van der Waals surface area contributed by atoms with Gasteiger partial charge in [0.05, 0.1) is 26.5 Å². The molecule has 11 nitrogen and oxygen atoms in total. The molecule has 3 heterocycles. The number of cyclic esters (lactones) is 2. The van der Waals surface area contributed by atoms with E-state index in [1.807, 2.05) is 18.2 Å². The third-order valence-corrected chi connectivity index (χ3v) is 8.70. The average molecular weight is 558 g/mol. The summed E-state index contributed by atoms with van der Waals surface area (Å²) in [6.45, 7) is 0. The summed E-state index contributed by atoms with van der Waals surface area (Å²) in [6, 6.07) is 5.15. The Bertz CT molecular complexity index is 1510. The number of hydrogen-bond acceptors (Lipinski definition) is 9. The van der Waals surface area contributed by atoms with Gasteiger partial charge in [-0.15, -0.1) is 23.7 Å². The molecular formula is C25H28ClN7O4S. The van der Waals surface area contributed by atoms with Crippen LogP contribution in [0.1, 0.15) is 59.7 Å². The van der Waals surface area contributed by atoms with E-state index in [1.54, 1.807) is 11.6 Å². The van der Waals surface area contributed by atoms with Gasteiger partial charge in [0.25, 0.3) is 5.56 Å². The number of aryl methyl sites for hydroxylation is 1. The van der Waals surface area contributed by atoms with Crippen molar-refractivity contribution in [1.82, 2.24) is 25.0 Å². The number of benzene rings is 1. The van der Waals surface area contributed by atoms with Crippen LogP contribution >= 0.6 is 23.7 Å². The molecule has 6 rings (SSSR count). The fourth-order valence-corrected chi connectivity index (χ4v) is 6.28. The number of nitrogens with two attached hydrogens (primary N) is 1. The largest absolute Gasteiger partial charge is 0.432 e. The Morgan fingerprint density at radius 1 is 1.26 bits per heavy atom. The summed E-state index contributed by atoms with van der Waals surface area (Å²) in [6.07, 6.45) is 6.61. The molecule has 1 unspecified atom stereocenters. The Hall–Kier alpha value is -3.35. The zero-order valence-electron chi connectivity index (χ0n) is 20.7. The van der Waals surface area contributed by atoms with Crippen LogP contribution in [0.2, 0.25) is 0 Å². The third kappa shape index (κ3) is 4.46. The Balaban J connectivity index is 0.00000294. The molecule has 2 aliphatic carbocycles. The van der Waals surface area contributed by atoms with Gasteiger partial charge >= 0.3 is 12.1 Å². The highest BCUT2D eigenvalue weighted by atomic mass is 35.5. The summed E-state index contributed by atoms with van der Waals surface area (Å²) >= 11 is 1.27. The molecule has 3 aromatic rings. The number of carbonyl (C=O) groups is 2. The van der Waals surface area contributed by atoms with Crippen molar-refractivity contribution in [3.8, 4) is 0 Å². The second kappa shape index (κ2) is 9.75. The van der Waals surface area contributed by atoms with Crippen molar-refractivity contribution < 1.29 is 14.3 Å². The van der Waals surface area contributed by atoms with E-state index in [0.717, 1.165) is 44.1 Å². The second-order valence-electron chi connectivity index (χ2n) is 10.1. The predicted molar refractivity (Wildman–Crippen MR) is 143 cm³/mol. The van der Waals surface area contributed by atoms with E-state index in [0.29, 0.717) is 26.6 Å². The van der Waals surface area contributed by atoms with Gasteiger partial charge in [-0.1, -0.05) is 18.9 Å². The van der Waals surface area contributed by atoms with Crippen molar-refractivity contribution in [3.63, 3.8) is 0 Å². The molecular weight excluding hydrogens is 530 g/mol. The molecule has 4 N–H and O–H groups in total. The molecule has 0 bridgehead atoms. The van der Waals surface area contributed by atoms with Crippen LogP contribution < -0.4 is 16.7 Å². The van der Waals surface area contributed by atoms with Crippen molar-refractivity contribution in [2.45, 2.75) is 56.5 Å². The first-order valence-electron chi connectivity index (χ1n) is 12.4. The number of fused-ring (bicyclic) bond motifs is 1. The summed E-state index contributed by atoms with van der Waals surface area (Å²) in [5.74, 6) is -0.434. The maximum atomic E-state index is 13.0. The number of amidine groups is 1. The second-order valence-corrected chi connectivity index (χ2v) is 11.2. The fourth-order valence-electron chi connectivity index (χ4n) is 5.49. The number of aromatic nitrogens is 3. The first kappa shape index (κ1) is 26.3. The number of esters is 1. The van der Waals surface area contributed by atoms with Crippen LogP contribution in [0.15, 0.2) is 29.2 Å². The normalized spacial score (nSPS) is 20.6. The van der Waals surface area contributed by atoms with Crippen LogP contribution in [-0.4, -0.2) is 43.5 Å². The zero-order chi connectivity index (χ0) is 25.9. The van der Waals surface area contributed by atoms with Crippen LogP contribution in [-0.2, 0) is 28.5 Å². The van der Waals surface area contributed by atoms with E-state index in [4.69, 9.17) is 15.9 Å². The molecule has 1 amide bonds. The maximum Gasteiger partial charge on any atom is 0.432 e. The van der Waals surface area contributed by atoms with E-state index in [1.165, 1.54) is 22.5 Å². The first-order valence-corrected chi connectivity index (χ1v) is 13.2. The molecule has 13 heteroatoms. The van der Waals surface area contributed by atoms with Gasteiger partial charge in [0.2, 0.25) is 0 Å². The van der Waals surface area contributed by atoms with Crippen molar-refractivity contribution in [3.05, 3.63) is 55.9 Å². The summed E-state index contributed by atoms with van der Waals surface area (Å²) in [4.78, 5) is 47.6. The smallest absolute Gasteiger partial charge is 0.383 e. The number of ether oxygens (including phenoxy) is 1. The van der Waals surface area contributed by atoms with Crippen LogP contribution in [0.4, 0.5) is 4.79 Å². The van der Waals surface area contributed by atoms with Crippen molar-refractivity contribution >= 4 is 52.7 Å². The maximum absolute atomic E-state index is 13.0. The minimum atomic E-state index is -0.648. The standard InChI is InChI=1S/C25H27N7O4S.ClH/c1-31-17-7-6-14(10-15(17)29-16(22(31)33)11-19-28-12-18(37-19)21(26)27)25(8-9-25)30-32-20(13-4-2-3-5-13)23(34)36-24(32)35;/h6-7,10,12-13,20,30H,2-5,8-9,11H2,1H3,(H3,26,27);1H. The Kier molecular flexibility index (Phi) is 6.74. The van der Waals surface area contributed by atoms with Gasteiger partial charge in [0, 0.05) is 19.7 Å². The number of carbonyl (C=O) groups excluding carboxylic acids is 2. The summed E-state index contributed by atoms with van der Waals surface area (Å²) in [7, 11) is 1.71. The SMILES string of the molecule is Cl.Cn1c(=O)c(Cc2ncc(C(=N)N)s2)nc2cc(C3(NN4C(=O)OC(=O)C4C4CCCC4)CC3)ccc21. The predicted octanol–water partition coefficient (Wildman–Crippen LogP) is 2.72. The lowest BCUT2D eigenvalue weighted by molar-refractivity contribution is -0.137. The average Bonchev–Trinajstić information content (AvgIpc) is 3.18. The van der Waals surface area contributed by atoms with E-state index < -0.39 is 23.6 Å². The van der Waals surface area contributed by atoms with Gasteiger partial charge in [0.15, 0.2) is 6.04 Å². The number of nitrogens with one attached hydrogen (secondary N) is 2. The number of thiazole rings is 1. The van der Waals surface area contributed by atoms with E-state index in [2.05, 4.69) is 15.4 Å². The molecule has 0 radical (unpaired) electrons. The monoisotopic (exact) mass is 557 g/mol. The number of hydrazine groups is 1. The van der Waals surface area contributed by atoms with Crippen molar-refractivity contribution in [2.75, 3.05) is 0 Å². The fraction of sp³-hybridized carbons (Fsp3) is 0.440. The Morgan fingerprint density at radius 3 is 2.66 bits per heavy atom. The van der Waals surface area contributed by atoms with Crippen LogP contribution in [0.3, 0.4) is 0 Å². The minimum absolute atomic E-state index is 0. The highest BCUT2D eigenvalue weighted by Gasteiger charge is 2.53. The van der Waals surface area contributed by atoms with Crippen LogP contribution in [0, 0.1) is 11.3 Å². The molecule has 1 aliphatic heterocycles. The first-order chi connectivity index (χ1) is 17.8. The van der Waals surface area contributed by atoms with Gasteiger partial charge in [-0.3, -0.25) is 10.2 Å². The highest BCUT2D eigenvalue weighted by Crippen LogP contribution is 2.47. The van der Waals surface area contributed by atoms with Gasteiger partial charge in [-0.25, -0.2) is 30.0 Å². The molecule has 3 aliphatic rings. The van der Waals surface area contributed by atoms with Crippen LogP contribution in [0.25, 0.3) is 11.0 Å². The molecule has 1 atom stereocenters. The number of amides is 1. The van der Waals surface area contributed by atoms with Crippen molar-refractivity contribution in [2.24, 2.45) is 18.7 Å². The molecule has 2 saturated carbocycles. The number of nitrogen functional groups attached to an aromatic ring is 1. The zero-order valence-corrected chi connectivity index (χ0v) is 22.4. The summed E-state index contributed by atoms with van der Waals surface area (Å²) < 4.78 is 6.58. The quantitative estimate of drug-likeness (QED) is 0.173. The molecule has 200 valence electrons. The minimum Gasteiger partial charge on any atom is -0.383 e. The van der Waals surface area contributed by atoms with E-state index >= 15 is 0 Å². The van der Waals surface area contributed by atoms with E-state index in [-0.39, 0.29) is 36.1 Å². The molecule has 3 fully saturated rings. The number of halogens is 1. The van der Waals surface area contributed by atoms with Gasteiger partial charge < -0.3 is 15.0 Å². The Morgan fingerprint density at radius 2 is 2.00 bits per heavy atom. The lowest BCUT2D eigenvalue weighted by atomic mass is 9.98. The molecule has 1 saturated heterocycles. The number of rotatable bonds is 7.